The number of hydrogen-bond donors (Lipinski definition) is 3. The number of hydrogen-bond acceptors (Lipinski definition) is 4. The van der Waals surface area contributed by atoms with Gasteiger partial charge in [-0.15, -0.1) is 0 Å². The molecule has 1 saturated carbocycles. The molecule has 1 amide bonds. The van der Waals surface area contributed by atoms with Crippen molar-refractivity contribution in [3.05, 3.63) is 23.8 Å². The molecule has 104 valence electrons. The first-order valence-corrected chi connectivity index (χ1v) is 6.35. The number of aromatic hydroxyl groups is 2. The van der Waals surface area contributed by atoms with Crippen LogP contribution in [0.3, 0.4) is 0 Å². The number of phenols is 2. The number of ether oxygens (including phenoxy) is 1. The molecule has 1 fully saturated rings. The Bertz CT molecular complexity index is 448. The van der Waals surface area contributed by atoms with Crippen molar-refractivity contribution >= 4 is 5.91 Å². The Labute approximate surface area is 112 Å². The summed E-state index contributed by atoms with van der Waals surface area (Å²) < 4.78 is 5.06. The lowest BCUT2D eigenvalue weighted by Crippen LogP contribution is -2.30. The summed E-state index contributed by atoms with van der Waals surface area (Å²) in [6.45, 7) is 1.30. The monoisotopic (exact) mass is 265 g/mol. The summed E-state index contributed by atoms with van der Waals surface area (Å²) in [5, 5.41) is 21.5. The van der Waals surface area contributed by atoms with Gasteiger partial charge in [0.1, 0.15) is 11.5 Å². The Morgan fingerprint density at radius 3 is 2.47 bits per heavy atom. The van der Waals surface area contributed by atoms with Gasteiger partial charge in [0, 0.05) is 31.9 Å². The number of rotatable bonds is 6. The standard InChI is InChI=1S/C14H19NO4/c1-19-5-4-14(2-3-14)9-15-13(18)10-6-11(16)8-12(17)7-10/h6-8,16-17H,2-5,9H2,1H3,(H,15,18). The molecule has 1 aromatic carbocycles. The molecule has 5 nitrogen and oxygen atoms in total. The second-order valence-corrected chi connectivity index (χ2v) is 5.16. The summed E-state index contributed by atoms with van der Waals surface area (Å²) in [4.78, 5) is 11.9. The van der Waals surface area contributed by atoms with Crippen molar-refractivity contribution in [3.8, 4) is 11.5 Å². The largest absolute Gasteiger partial charge is 0.508 e. The summed E-state index contributed by atoms with van der Waals surface area (Å²) in [5.41, 5.74) is 0.435. The minimum atomic E-state index is -0.283. The minimum absolute atomic E-state index is 0.120. The first-order valence-electron chi connectivity index (χ1n) is 6.35. The average molecular weight is 265 g/mol. The molecule has 1 aliphatic carbocycles. The minimum Gasteiger partial charge on any atom is -0.508 e. The van der Waals surface area contributed by atoms with Crippen LogP contribution in [-0.2, 0) is 4.74 Å². The maximum Gasteiger partial charge on any atom is 0.251 e. The van der Waals surface area contributed by atoms with Gasteiger partial charge in [-0.1, -0.05) is 0 Å². The fourth-order valence-corrected chi connectivity index (χ4v) is 2.11. The highest BCUT2D eigenvalue weighted by atomic mass is 16.5. The zero-order valence-corrected chi connectivity index (χ0v) is 11.0. The fourth-order valence-electron chi connectivity index (χ4n) is 2.11. The third-order valence-corrected chi connectivity index (χ3v) is 3.58. The Hall–Kier alpha value is -1.75. The zero-order valence-electron chi connectivity index (χ0n) is 11.0. The molecule has 0 spiro atoms. The van der Waals surface area contributed by atoms with E-state index in [4.69, 9.17) is 4.74 Å². The van der Waals surface area contributed by atoms with Crippen LogP contribution >= 0.6 is 0 Å². The van der Waals surface area contributed by atoms with Crippen molar-refractivity contribution < 1.29 is 19.7 Å². The average Bonchev–Trinajstić information content (AvgIpc) is 3.13. The lowest BCUT2D eigenvalue weighted by molar-refractivity contribution is 0.0937. The molecule has 5 heteroatoms. The van der Waals surface area contributed by atoms with Gasteiger partial charge in [0.25, 0.3) is 5.91 Å². The Balaban J connectivity index is 1.91. The van der Waals surface area contributed by atoms with E-state index in [2.05, 4.69) is 5.32 Å². The predicted molar refractivity (Wildman–Crippen MR) is 70.3 cm³/mol. The molecule has 3 N–H and O–H groups in total. The molecule has 0 unspecified atom stereocenters. The molecular weight excluding hydrogens is 246 g/mol. The maximum atomic E-state index is 11.9. The van der Waals surface area contributed by atoms with Crippen molar-refractivity contribution in [2.75, 3.05) is 20.3 Å². The number of carbonyl (C=O) groups excluding carboxylic acids is 1. The van der Waals surface area contributed by atoms with Crippen LogP contribution in [-0.4, -0.2) is 36.4 Å². The van der Waals surface area contributed by atoms with Crippen LogP contribution in [0.4, 0.5) is 0 Å². The molecule has 19 heavy (non-hydrogen) atoms. The highest BCUT2D eigenvalue weighted by molar-refractivity contribution is 5.95. The SMILES string of the molecule is COCCC1(CNC(=O)c2cc(O)cc(O)c2)CC1. The lowest BCUT2D eigenvalue weighted by atomic mass is 10.0. The molecule has 2 rings (SSSR count). The number of carbonyl (C=O) groups is 1. The van der Waals surface area contributed by atoms with Crippen molar-refractivity contribution in [2.45, 2.75) is 19.3 Å². The van der Waals surface area contributed by atoms with E-state index in [0.717, 1.165) is 19.3 Å². The van der Waals surface area contributed by atoms with Crippen LogP contribution in [0.1, 0.15) is 29.6 Å². The molecule has 0 aliphatic heterocycles. The fraction of sp³-hybridized carbons (Fsp3) is 0.500. The van der Waals surface area contributed by atoms with Gasteiger partial charge in [0.2, 0.25) is 0 Å². The van der Waals surface area contributed by atoms with E-state index >= 15 is 0 Å². The van der Waals surface area contributed by atoms with E-state index < -0.39 is 0 Å². The quantitative estimate of drug-likeness (QED) is 0.730. The van der Waals surface area contributed by atoms with Crippen LogP contribution in [0.5, 0.6) is 11.5 Å². The Kier molecular flexibility index (Phi) is 3.95. The maximum absolute atomic E-state index is 11.9. The topological polar surface area (TPSA) is 78.8 Å². The highest BCUT2D eigenvalue weighted by Gasteiger charge is 2.42. The molecule has 0 bridgehead atoms. The highest BCUT2D eigenvalue weighted by Crippen LogP contribution is 2.48. The van der Waals surface area contributed by atoms with Crippen LogP contribution in [0, 0.1) is 5.41 Å². The van der Waals surface area contributed by atoms with Crippen molar-refractivity contribution in [3.63, 3.8) is 0 Å². The van der Waals surface area contributed by atoms with Crippen molar-refractivity contribution in [2.24, 2.45) is 5.41 Å². The molecular formula is C14H19NO4. The zero-order chi connectivity index (χ0) is 13.9. The number of phenolic OH excluding ortho intramolecular Hbond substituents is 2. The van der Waals surface area contributed by atoms with E-state index in [-0.39, 0.29) is 28.4 Å². The first kappa shape index (κ1) is 13.7. The van der Waals surface area contributed by atoms with Crippen LogP contribution < -0.4 is 5.32 Å². The van der Waals surface area contributed by atoms with Gasteiger partial charge in [-0.2, -0.15) is 0 Å². The van der Waals surface area contributed by atoms with Crippen molar-refractivity contribution in [1.29, 1.82) is 0 Å². The lowest BCUT2D eigenvalue weighted by Gasteiger charge is -2.15. The molecule has 0 saturated heterocycles. The van der Waals surface area contributed by atoms with Gasteiger partial charge in [0.15, 0.2) is 0 Å². The van der Waals surface area contributed by atoms with E-state index in [9.17, 15) is 15.0 Å². The first-order chi connectivity index (χ1) is 9.04. The molecule has 1 aromatic rings. The van der Waals surface area contributed by atoms with Gasteiger partial charge in [-0.3, -0.25) is 4.79 Å². The Morgan fingerprint density at radius 1 is 1.32 bits per heavy atom. The second kappa shape index (κ2) is 5.48. The Morgan fingerprint density at radius 2 is 1.95 bits per heavy atom. The van der Waals surface area contributed by atoms with Crippen LogP contribution in [0.2, 0.25) is 0 Å². The number of benzene rings is 1. The van der Waals surface area contributed by atoms with E-state index in [1.54, 1.807) is 7.11 Å². The molecule has 0 atom stereocenters. The molecule has 0 aromatic heterocycles. The normalized spacial score (nSPS) is 16.1. The molecule has 0 heterocycles. The van der Waals surface area contributed by atoms with E-state index in [1.807, 2.05) is 0 Å². The second-order valence-electron chi connectivity index (χ2n) is 5.16. The predicted octanol–water partition coefficient (Wildman–Crippen LogP) is 1.64. The summed E-state index contributed by atoms with van der Waals surface area (Å²) in [6, 6.07) is 3.87. The van der Waals surface area contributed by atoms with Crippen LogP contribution in [0.15, 0.2) is 18.2 Å². The number of methoxy groups -OCH3 is 1. The summed E-state index contributed by atoms with van der Waals surface area (Å²) in [5.74, 6) is -0.522. The summed E-state index contributed by atoms with van der Waals surface area (Å²) in [6.07, 6.45) is 3.14. The van der Waals surface area contributed by atoms with Gasteiger partial charge in [-0.25, -0.2) is 0 Å². The smallest absolute Gasteiger partial charge is 0.251 e. The van der Waals surface area contributed by atoms with Crippen molar-refractivity contribution in [1.82, 2.24) is 5.32 Å². The summed E-state index contributed by atoms with van der Waals surface area (Å²) in [7, 11) is 1.67. The molecule has 0 radical (unpaired) electrons. The summed E-state index contributed by atoms with van der Waals surface area (Å²) >= 11 is 0. The third kappa shape index (κ3) is 3.61. The van der Waals surface area contributed by atoms with E-state index in [1.165, 1.54) is 18.2 Å². The van der Waals surface area contributed by atoms with Gasteiger partial charge in [0.05, 0.1) is 0 Å². The van der Waals surface area contributed by atoms with Gasteiger partial charge < -0.3 is 20.3 Å². The molecule has 1 aliphatic rings. The third-order valence-electron chi connectivity index (χ3n) is 3.58. The van der Waals surface area contributed by atoms with Gasteiger partial charge >= 0.3 is 0 Å². The number of amides is 1. The van der Waals surface area contributed by atoms with Gasteiger partial charge in [-0.05, 0) is 36.8 Å². The number of nitrogens with one attached hydrogen (secondary N) is 1. The van der Waals surface area contributed by atoms with Crippen LogP contribution in [0.25, 0.3) is 0 Å². The van der Waals surface area contributed by atoms with E-state index in [0.29, 0.717) is 13.2 Å².